The van der Waals surface area contributed by atoms with Gasteiger partial charge in [-0.05, 0) is 43.5 Å². The quantitative estimate of drug-likeness (QED) is 0.916. The van der Waals surface area contributed by atoms with Crippen molar-refractivity contribution in [3.8, 4) is 0 Å². The Hall–Kier alpha value is -1.52. The minimum absolute atomic E-state index is 0.371. The summed E-state index contributed by atoms with van der Waals surface area (Å²) >= 11 is 0. The van der Waals surface area contributed by atoms with E-state index in [1.54, 1.807) is 12.4 Å². The van der Waals surface area contributed by atoms with Gasteiger partial charge in [-0.2, -0.15) is 0 Å². The summed E-state index contributed by atoms with van der Waals surface area (Å²) in [4.78, 5) is 8.71. The van der Waals surface area contributed by atoms with E-state index >= 15 is 0 Å². The third kappa shape index (κ3) is 2.60. The standard InChI is InChI=1S/C15H19N3O/c1-16-15(11-4-8-19-9-5-11)12-2-3-13-14(10-12)18-7-6-17-13/h2-3,6-7,10-11,15-16H,4-5,8-9H2,1H3. The van der Waals surface area contributed by atoms with E-state index in [4.69, 9.17) is 4.74 Å². The van der Waals surface area contributed by atoms with E-state index in [9.17, 15) is 0 Å². The number of fused-ring (bicyclic) bond motifs is 1. The van der Waals surface area contributed by atoms with Gasteiger partial charge in [-0.3, -0.25) is 9.97 Å². The third-order valence-electron chi connectivity index (χ3n) is 3.90. The molecule has 1 fully saturated rings. The highest BCUT2D eigenvalue weighted by Gasteiger charge is 2.24. The minimum Gasteiger partial charge on any atom is -0.381 e. The normalized spacial score (nSPS) is 18.6. The maximum Gasteiger partial charge on any atom is 0.0890 e. The van der Waals surface area contributed by atoms with Crippen molar-refractivity contribution in [2.75, 3.05) is 20.3 Å². The first-order valence-electron chi connectivity index (χ1n) is 6.84. The summed E-state index contributed by atoms with van der Waals surface area (Å²) in [5.41, 5.74) is 3.21. The van der Waals surface area contributed by atoms with Gasteiger partial charge in [0.05, 0.1) is 11.0 Å². The Kier molecular flexibility index (Phi) is 3.71. The van der Waals surface area contributed by atoms with Gasteiger partial charge in [0.1, 0.15) is 0 Å². The van der Waals surface area contributed by atoms with Gasteiger partial charge in [-0.15, -0.1) is 0 Å². The zero-order valence-corrected chi connectivity index (χ0v) is 11.2. The molecule has 1 aromatic carbocycles. The SMILES string of the molecule is CNC(c1ccc2nccnc2c1)C1CCOCC1. The van der Waals surface area contributed by atoms with Crippen molar-refractivity contribution in [2.45, 2.75) is 18.9 Å². The highest BCUT2D eigenvalue weighted by Crippen LogP contribution is 2.30. The summed E-state index contributed by atoms with van der Waals surface area (Å²) in [5, 5.41) is 3.45. The Balaban J connectivity index is 1.91. The van der Waals surface area contributed by atoms with Crippen molar-refractivity contribution in [3.05, 3.63) is 36.2 Å². The van der Waals surface area contributed by atoms with Crippen LogP contribution in [0.5, 0.6) is 0 Å². The summed E-state index contributed by atoms with van der Waals surface area (Å²) < 4.78 is 5.45. The molecule has 1 saturated heterocycles. The van der Waals surface area contributed by atoms with Gasteiger partial charge in [-0.25, -0.2) is 0 Å². The molecule has 100 valence electrons. The first-order chi connectivity index (χ1) is 9.38. The van der Waals surface area contributed by atoms with E-state index < -0.39 is 0 Å². The lowest BCUT2D eigenvalue weighted by Gasteiger charge is -2.30. The summed E-state index contributed by atoms with van der Waals surface area (Å²) in [5.74, 6) is 0.632. The van der Waals surface area contributed by atoms with Gasteiger partial charge in [0.25, 0.3) is 0 Å². The van der Waals surface area contributed by atoms with Crippen LogP contribution in [0.15, 0.2) is 30.6 Å². The average Bonchev–Trinajstić information content (AvgIpc) is 2.49. The number of hydrogen-bond donors (Lipinski definition) is 1. The fourth-order valence-corrected chi connectivity index (χ4v) is 2.90. The second-order valence-corrected chi connectivity index (χ2v) is 5.02. The zero-order valence-electron chi connectivity index (χ0n) is 11.2. The lowest BCUT2D eigenvalue weighted by atomic mass is 9.87. The molecule has 0 saturated carbocycles. The molecule has 1 unspecified atom stereocenters. The van der Waals surface area contributed by atoms with Crippen LogP contribution in [-0.4, -0.2) is 30.2 Å². The topological polar surface area (TPSA) is 47.0 Å². The Bertz CT molecular complexity index is 552. The number of nitrogens with zero attached hydrogens (tertiary/aromatic N) is 2. The van der Waals surface area contributed by atoms with Crippen molar-refractivity contribution >= 4 is 11.0 Å². The Labute approximate surface area is 113 Å². The van der Waals surface area contributed by atoms with Crippen LogP contribution in [-0.2, 0) is 4.74 Å². The van der Waals surface area contributed by atoms with Crippen molar-refractivity contribution in [1.29, 1.82) is 0 Å². The number of rotatable bonds is 3. The van der Waals surface area contributed by atoms with E-state index in [-0.39, 0.29) is 0 Å². The molecule has 1 aliphatic heterocycles. The van der Waals surface area contributed by atoms with Crippen LogP contribution < -0.4 is 5.32 Å². The van der Waals surface area contributed by atoms with Crippen LogP contribution in [0.25, 0.3) is 11.0 Å². The minimum atomic E-state index is 0.371. The van der Waals surface area contributed by atoms with Crippen LogP contribution in [0.1, 0.15) is 24.4 Å². The molecule has 1 atom stereocenters. The molecule has 0 aliphatic carbocycles. The Morgan fingerprint density at radius 3 is 2.63 bits per heavy atom. The van der Waals surface area contributed by atoms with Crippen molar-refractivity contribution < 1.29 is 4.74 Å². The van der Waals surface area contributed by atoms with Crippen LogP contribution in [0, 0.1) is 5.92 Å². The molecule has 4 heteroatoms. The average molecular weight is 257 g/mol. The number of ether oxygens (including phenoxy) is 1. The molecule has 1 aromatic heterocycles. The maximum atomic E-state index is 5.45. The maximum absolute atomic E-state index is 5.45. The van der Waals surface area contributed by atoms with Gasteiger partial charge < -0.3 is 10.1 Å². The van der Waals surface area contributed by atoms with Crippen molar-refractivity contribution in [3.63, 3.8) is 0 Å². The summed E-state index contributed by atoms with van der Waals surface area (Å²) in [6.07, 6.45) is 5.71. The summed E-state index contributed by atoms with van der Waals surface area (Å²) in [6, 6.07) is 6.74. The van der Waals surface area contributed by atoms with E-state index in [1.165, 1.54) is 5.56 Å². The summed E-state index contributed by atoms with van der Waals surface area (Å²) in [6.45, 7) is 1.74. The predicted octanol–water partition coefficient (Wildman–Crippen LogP) is 2.32. The molecular weight excluding hydrogens is 238 g/mol. The lowest BCUT2D eigenvalue weighted by Crippen LogP contribution is -2.30. The zero-order chi connectivity index (χ0) is 13.1. The fourth-order valence-electron chi connectivity index (χ4n) is 2.90. The number of nitrogens with one attached hydrogen (secondary N) is 1. The van der Waals surface area contributed by atoms with Crippen LogP contribution >= 0.6 is 0 Å². The first kappa shape index (κ1) is 12.5. The monoisotopic (exact) mass is 257 g/mol. The smallest absolute Gasteiger partial charge is 0.0890 e. The van der Waals surface area contributed by atoms with Crippen LogP contribution in [0.2, 0.25) is 0 Å². The highest BCUT2D eigenvalue weighted by atomic mass is 16.5. The summed E-state index contributed by atoms with van der Waals surface area (Å²) in [7, 11) is 2.03. The third-order valence-corrected chi connectivity index (χ3v) is 3.90. The van der Waals surface area contributed by atoms with E-state index in [0.29, 0.717) is 12.0 Å². The van der Waals surface area contributed by atoms with E-state index in [2.05, 4.69) is 33.5 Å². The van der Waals surface area contributed by atoms with Gasteiger partial charge in [0, 0.05) is 31.6 Å². The fraction of sp³-hybridized carbons (Fsp3) is 0.467. The van der Waals surface area contributed by atoms with Crippen LogP contribution in [0.4, 0.5) is 0 Å². The molecule has 1 N–H and O–H groups in total. The number of aromatic nitrogens is 2. The van der Waals surface area contributed by atoms with E-state index in [1.807, 2.05) is 7.05 Å². The second-order valence-electron chi connectivity index (χ2n) is 5.02. The molecule has 0 spiro atoms. The molecular formula is C15H19N3O. The van der Waals surface area contributed by atoms with Gasteiger partial charge in [0.15, 0.2) is 0 Å². The van der Waals surface area contributed by atoms with Gasteiger partial charge >= 0.3 is 0 Å². The molecule has 4 nitrogen and oxygen atoms in total. The molecule has 2 heterocycles. The molecule has 0 bridgehead atoms. The molecule has 2 aromatic rings. The highest BCUT2D eigenvalue weighted by molar-refractivity contribution is 5.74. The molecule has 0 radical (unpaired) electrons. The lowest BCUT2D eigenvalue weighted by molar-refractivity contribution is 0.0546. The number of hydrogen-bond acceptors (Lipinski definition) is 4. The molecule has 1 aliphatic rings. The first-order valence-corrected chi connectivity index (χ1v) is 6.84. The van der Waals surface area contributed by atoms with Crippen molar-refractivity contribution in [2.24, 2.45) is 5.92 Å². The number of benzene rings is 1. The molecule has 19 heavy (non-hydrogen) atoms. The second kappa shape index (κ2) is 5.63. The predicted molar refractivity (Wildman–Crippen MR) is 74.9 cm³/mol. The molecule has 0 amide bonds. The molecule has 3 rings (SSSR count). The van der Waals surface area contributed by atoms with Gasteiger partial charge in [0.2, 0.25) is 0 Å². The largest absolute Gasteiger partial charge is 0.381 e. The van der Waals surface area contributed by atoms with Crippen molar-refractivity contribution in [1.82, 2.24) is 15.3 Å². The Morgan fingerprint density at radius 2 is 1.89 bits per heavy atom. The van der Waals surface area contributed by atoms with Gasteiger partial charge in [-0.1, -0.05) is 6.07 Å². The Morgan fingerprint density at radius 1 is 1.16 bits per heavy atom. The van der Waals surface area contributed by atoms with E-state index in [0.717, 1.165) is 37.1 Å². The van der Waals surface area contributed by atoms with Crippen LogP contribution in [0.3, 0.4) is 0 Å².